The number of hydrogen-bond donors (Lipinski definition) is 3. The van der Waals surface area contributed by atoms with Gasteiger partial charge in [-0.25, -0.2) is 9.78 Å². The SMILES string of the molecule is Nc1cc(C(=O)O)cnc1NC1CCOC1. The van der Waals surface area contributed by atoms with Crippen LogP contribution in [0.15, 0.2) is 12.3 Å². The minimum absolute atomic E-state index is 0.0886. The van der Waals surface area contributed by atoms with Gasteiger partial charge in [0.05, 0.1) is 23.9 Å². The molecule has 0 radical (unpaired) electrons. The number of aromatic nitrogens is 1. The third-order valence-corrected chi connectivity index (χ3v) is 2.43. The number of carbonyl (C=O) groups is 1. The van der Waals surface area contributed by atoms with Crippen LogP contribution in [0.3, 0.4) is 0 Å². The Morgan fingerprint density at radius 2 is 2.50 bits per heavy atom. The lowest BCUT2D eigenvalue weighted by Crippen LogP contribution is -2.20. The molecule has 0 spiro atoms. The van der Waals surface area contributed by atoms with Crippen molar-refractivity contribution in [1.82, 2.24) is 4.98 Å². The predicted octanol–water partition coefficient (Wildman–Crippen LogP) is 0.563. The highest BCUT2D eigenvalue weighted by Gasteiger charge is 2.17. The van der Waals surface area contributed by atoms with Gasteiger partial charge in [-0.1, -0.05) is 0 Å². The van der Waals surface area contributed by atoms with Crippen LogP contribution in [0.5, 0.6) is 0 Å². The van der Waals surface area contributed by atoms with Crippen LogP contribution in [-0.4, -0.2) is 35.3 Å². The second-order valence-corrected chi connectivity index (χ2v) is 3.67. The molecule has 0 aromatic carbocycles. The Morgan fingerprint density at radius 3 is 3.06 bits per heavy atom. The summed E-state index contributed by atoms with van der Waals surface area (Å²) < 4.78 is 5.21. The van der Waals surface area contributed by atoms with E-state index in [4.69, 9.17) is 15.6 Å². The number of nitrogens with one attached hydrogen (secondary N) is 1. The molecule has 1 aliphatic heterocycles. The topological polar surface area (TPSA) is 97.5 Å². The van der Waals surface area contributed by atoms with E-state index >= 15 is 0 Å². The van der Waals surface area contributed by atoms with Crippen LogP contribution in [0.25, 0.3) is 0 Å². The molecule has 1 aliphatic rings. The third kappa shape index (κ3) is 2.22. The lowest BCUT2D eigenvalue weighted by atomic mass is 10.2. The Hall–Kier alpha value is -1.82. The van der Waals surface area contributed by atoms with Crippen molar-refractivity contribution < 1.29 is 14.6 Å². The average molecular weight is 223 g/mol. The van der Waals surface area contributed by atoms with Crippen molar-refractivity contribution in [3.63, 3.8) is 0 Å². The lowest BCUT2D eigenvalue weighted by Gasteiger charge is -2.13. The van der Waals surface area contributed by atoms with Gasteiger partial charge in [-0.2, -0.15) is 0 Å². The Morgan fingerprint density at radius 1 is 1.69 bits per heavy atom. The Balaban J connectivity index is 2.12. The smallest absolute Gasteiger partial charge is 0.337 e. The largest absolute Gasteiger partial charge is 0.478 e. The molecule has 6 nitrogen and oxygen atoms in total. The second kappa shape index (κ2) is 4.36. The highest BCUT2D eigenvalue weighted by molar-refractivity contribution is 5.89. The number of carboxylic acids is 1. The molecule has 2 heterocycles. The van der Waals surface area contributed by atoms with Crippen LogP contribution in [0.1, 0.15) is 16.8 Å². The van der Waals surface area contributed by atoms with Crippen LogP contribution < -0.4 is 11.1 Å². The first-order valence-electron chi connectivity index (χ1n) is 5.00. The highest BCUT2D eigenvalue weighted by atomic mass is 16.5. The number of rotatable bonds is 3. The molecule has 0 saturated carbocycles. The van der Waals surface area contributed by atoms with E-state index in [9.17, 15) is 4.79 Å². The zero-order valence-electron chi connectivity index (χ0n) is 8.64. The fourth-order valence-electron chi connectivity index (χ4n) is 1.56. The van der Waals surface area contributed by atoms with Crippen molar-refractivity contribution in [2.24, 2.45) is 0 Å². The van der Waals surface area contributed by atoms with Crippen molar-refractivity contribution in [3.8, 4) is 0 Å². The summed E-state index contributed by atoms with van der Waals surface area (Å²) in [5, 5.41) is 11.9. The first-order chi connectivity index (χ1) is 7.66. The van der Waals surface area contributed by atoms with E-state index in [1.807, 2.05) is 0 Å². The van der Waals surface area contributed by atoms with E-state index < -0.39 is 5.97 Å². The van der Waals surface area contributed by atoms with E-state index in [1.165, 1.54) is 12.3 Å². The van der Waals surface area contributed by atoms with Crippen LogP contribution in [0.4, 0.5) is 11.5 Å². The number of nitrogens with two attached hydrogens (primary N) is 1. The van der Waals surface area contributed by atoms with E-state index in [1.54, 1.807) is 0 Å². The quantitative estimate of drug-likeness (QED) is 0.692. The molecular formula is C10H13N3O3. The van der Waals surface area contributed by atoms with Crippen LogP contribution in [0, 0.1) is 0 Å². The maximum Gasteiger partial charge on any atom is 0.337 e. The van der Waals surface area contributed by atoms with Gasteiger partial charge in [0.15, 0.2) is 0 Å². The second-order valence-electron chi connectivity index (χ2n) is 3.67. The van der Waals surface area contributed by atoms with Crippen molar-refractivity contribution in [2.45, 2.75) is 12.5 Å². The monoisotopic (exact) mass is 223 g/mol. The van der Waals surface area contributed by atoms with Crippen molar-refractivity contribution >= 4 is 17.5 Å². The molecule has 1 aromatic rings. The summed E-state index contributed by atoms with van der Waals surface area (Å²) in [5.41, 5.74) is 6.14. The summed E-state index contributed by atoms with van der Waals surface area (Å²) in [4.78, 5) is 14.7. The van der Waals surface area contributed by atoms with Gasteiger partial charge in [0.25, 0.3) is 0 Å². The van der Waals surface area contributed by atoms with Crippen molar-refractivity contribution in [2.75, 3.05) is 24.3 Å². The van der Waals surface area contributed by atoms with Gasteiger partial charge < -0.3 is 20.9 Å². The van der Waals surface area contributed by atoms with Crippen LogP contribution in [-0.2, 0) is 4.74 Å². The molecule has 1 saturated heterocycles. The lowest BCUT2D eigenvalue weighted by molar-refractivity contribution is 0.0696. The van der Waals surface area contributed by atoms with Gasteiger partial charge in [0.2, 0.25) is 0 Å². The van der Waals surface area contributed by atoms with Gasteiger partial charge in [0.1, 0.15) is 5.82 Å². The summed E-state index contributed by atoms with van der Waals surface area (Å²) in [6.07, 6.45) is 2.19. The number of aromatic carboxylic acids is 1. The molecule has 16 heavy (non-hydrogen) atoms. The Bertz CT molecular complexity index is 402. The Kier molecular flexibility index (Phi) is 2.91. The summed E-state index contributed by atoms with van der Waals surface area (Å²) in [6.45, 7) is 1.35. The van der Waals surface area contributed by atoms with Gasteiger partial charge in [-0.05, 0) is 12.5 Å². The maximum atomic E-state index is 10.7. The Labute approximate surface area is 92.4 Å². The summed E-state index contributed by atoms with van der Waals surface area (Å²) in [7, 11) is 0. The number of pyridine rings is 1. The minimum Gasteiger partial charge on any atom is -0.478 e. The molecule has 86 valence electrons. The normalized spacial score (nSPS) is 19.6. The third-order valence-electron chi connectivity index (χ3n) is 2.43. The number of ether oxygens (including phenoxy) is 1. The standard InChI is InChI=1S/C10H13N3O3/c11-8-3-6(10(14)15)4-12-9(8)13-7-1-2-16-5-7/h3-4,7H,1-2,5,11H2,(H,12,13)(H,14,15). The number of hydrogen-bond acceptors (Lipinski definition) is 5. The summed E-state index contributed by atoms with van der Waals surface area (Å²) in [6, 6.07) is 1.60. The van der Waals surface area contributed by atoms with E-state index in [0.29, 0.717) is 18.1 Å². The van der Waals surface area contributed by atoms with Gasteiger partial charge in [-0.15, -0.1) is 0 Å². The van der Waals surface area contributed by atoms with Crippen molar-refractivity contribution in [3.05, 3.63) is 17.8 Å². The van der Waals surface area contributed by atoms with E-state index in [2.05, 4.69) is 10.3 Å². The van der Waals surface area contributed by atoms with Gasteiger partial charge in [-0.3, -0.25) is 0 Å². The van der Waals surface area contributed by atoms with Crippen molar-refractivity contribution in [1.29, 1.82) is 0 Å². The number of nitrogen functional groups attached to an aromatic ring is 1. The van der Waals surface area contributed by atoms with Crippen LogP contribution >= 0.6 is 0 Å². The fourth-order valence-corrected chi connectivity index (χ4v) is 1.56. The minimum atomic E-state index is -1.03. The summed E-state index contributed by atoms with van der Waals surface area (Å²) in [5.74, 6) is -0.518. The molecule has 0 amide bonds. The first kappa shape index (κ1) is 10.7. The molecule has 1 aromatic heterocycles. The zero-order valence-corrected chi connectivity index (χ0v) is 8.64. The first-order valence-corrected chi connectivity index (χ1v) is 5.00. The zero-order chi connectivity index (χ0) is 11.5. The van der Waals surface area contributed by atoms with Crippen LogP contribution in [0.2, 0.25) is 0 Å². The predicted molar refractivity (Wildman–Crippen MR) is 58.5 cm³/mol. The molecular weight excluding hydrogens is 210 g/mol. The molecule has 1 unspecified atom stereocenters. The number of nitrogens with zero attached hydrogens (tertiary/aromatic N) is 1. The number of carboxylic acid groups (broad SMARTS) is 1. The molecule has 0 bridgehead atoms. The molecule has 1 fully saturated rings. The highest BCUT2D eigenvalue weighted by Crippen LogP contribution is 2.19. The van der Waals surface area contributed by atoms with E-state index in [-0.39, 0.29) is 11.6 Å². The maximum absolute atomic E-state index is 10.7. The molecule has 2 rings (SSSR count). The molecule has 4 N–H and O–H groups in total. The summed E-state index contributed by atoms with van der Waals surface area (Å²) >= 11 is 0. The van der Waals surface area contributed by atoms with Gasteiger partial charge >= 0.3 is 5.97 Å². The molecule has 6 heteroatoms. The molecule has 0 aliphatic carbocycles. The van der Waals surface area contributed by atoms with Gasteiger partial charge in [0, 0.05) is 12.8 Å². The average Bonchev–Trinajstić information content (AvgIpc) is 2.73. The fraction of sp³-hybridized carbons (Fsp3) is 0.400. The van der Waals surface area contributed by atoms with E-state index in [0.717, 1.165) is 13.0 Å². The number of anilines is 2. The molecule has 1 atom stereocenters.